The zero-order valence-electron chi connectivity index (χ0n) is 11.4. The normalized spacial score (nSPS) is 12.8. The topological polar surface area (TPSA) is 38.5 Å². The fourth-order valence-electron chi connectivity index (χ4n) is 1.99. The summed E-state index contributed by atoms with van der Waals surface area (Å²) >= 11 is 0. The molecule has 0 aliphatic rings. The van der Waals surface area contributed by atoms with Gasteiger partial charge in [-0.1, -0.05) is 17.7 Å². The fourth-order valence-corrected chi connectivity index (χ4v) is 1.99. The van der Waals surface area contributed by atoms with E-state index in [-0.39, 0.29) is 0 Å². The van der Waals surface area contributed by atoms with Crippen LogP contribution in [0.4, 0.5) is 0 Å². The third kappa shape index (κ3) is 4.02. The van der Waals surface area contributed by atoms with Crippen LogP contribution in [-0.2, 0) is 0 Å². The molecule has 1 unspecified atom stereocenters. The molecule has 0 saturated heterocycles. The Morgan fingerprint density at radius 1 is 1.35 bits per heavy atom. The van der Waals surface area contributed by atoms with Gasteiger partial charge in [0.25, 0.3) is 0 Å². The first-order valence-corrected chi connectivity index (χ1v) is 6.07. The lowest BCUT2D eigenvalue weighted by Gasteiger charge is -2.20. The van der Waals surface area contributed by atoms with Gasteiger partial charge in [-0.05, 0) is 52.2 Å². The number of aryl methyl sites for hydroxylation is 1. The summed E-state index contributed by atoms with van der Waals surface area (Å²) in [4.78, 5) is 2.19. The van der Waals surface area contributed by atoms with E-state index in [1.165, 1.54) is 11.1 Å². The van der Waals surface area contributed by atoms with Gasteiger partial charge in [0.05, 0.1) is 7.11 Å². The molecule has 0 aromatic heterocycles. The highest BCUT2D eigenvalue weighted by molar-refractivity contribution is 5.39. The van der Waals surface area contributed by atoms with Crippen LogP contribution in [0.5, 0.6) is 5.75 Å². The van der Waals surface area contributed by atoms with Crippen LogP contribution in [0.15, 0.2) is 18.2 Å². The van der Waals surface area contributed by atoms with Gasteiger partial charge in [0.1, 0.15) is 5.75 Å². The van der Waals surface area contributed by atoms with E-state index >= 15 is 0 Å². The molecule has 0 heterocycles. The van der Waals surface area contributed by atoms with E-state index in [0.717, 1.165) is 18.7 Å². The number of benzene rings is 1. The Morgan fingerprint density at radius 2 is 2.06 bits per heavy atom. The zero-order valence-corrected chi connectivity index (χ0v) is 11.4. The van der Waals surface area contributed by atoms with Gasteiger partial charge in [0.2, 0.25) is 0 Å². The molecule has 0 radical (unpaired) electrons. The minimum atomic E-state index is 0.368. The summed E-state index contributed by atoms with van der Waals surface area (Å²) in [7, 11) is 5.88. The maximum atomic E-state index is 5.89. The molecule has 1 aromatic carbocycles. The number of rotatable bonds is 6. The van der Waals surface area contributed by atoms with Gasteiger partial charge in [-0.15, -0.1) is 0 Å². The maximum Gasteiger partial charge on any atom is 0.122 e. The standard InChI is InChI=1S/C14H24N2O/c1-11-5-6-14(17-4)13(9-11)12(10-15)7-8-16(2)3/h5-6,9,12H,7-8,10,15H2,1-4H3. The summed E-state index contributed by atoms with van der Waals surface area (Å²) in [6, 6.07) is 6.29. The molecule has 0 amide bonds. The summed E-state index contributed by atoms with van der Waals surface area (Å²) in [5, 5.41) is 0. The van der Waals surface area contributed by atoms with Crippen LogP contribution in [0.1, 0.15) is 23.5 Å². The highest BCUT2D eigenvalue weighted by atomic mass is 16.5. The monoisotopic (exact) mass is 236 g/mol. The van der Waals surface area contributed by atoms with E-state index in [2.05, 4.69) is 38.1 Å². The van der Waals surface area contributed by atoms with E-state index < -0.39 is 0 Å². The molecule has 0 aliphatic heterocycles. The van der Waals surface area contributed by atoms with E-state index in [4.69, 9.17) is 10.5 Å². The average molecular weight is 236 g/mol. The van der Waals surface area contributed by atoms with Crippen LogP contribution in [0.2, 0.25) is 0 Å². The van der Waals surface area contributed by atoms with E-state index in [9.17, 15) is 0 Å². The van der Waals surface area contributed by atoms with Gasteiger partial charge < -0.3 is 15.4 Å². The van der Waals surface area contributed by atoms with Crippen molar-refractivity contribution in [3.05, 3.63) is 29.3 Å². The molecule has 1 rings (SSSR count). The number of nitrogens with zero attached hydrogens (tertiary/aromatic N) is 1. The fraction of sp³-hybridized carbons (Fsp3) is 0.571. The summed E-state index contributed by atoms with van der Waals surface area (Å²) < 4.78 is 5.42. The van der Waals surface area contributed by atoms with Crippen molar-refractivity contribution in [2.24, 2.45) is 5.73 Å². The average Bonchev–Trinajstić information content (AvgIpc) is 2.30. The van der Waals surface area contributed by atoms with Crippen LogP contribution >= 0.6 is 0 Å². The van der Waals surface area contributed by atoms with Crippen molar-refractivity contribution in [1.82, 2.24) is 4.90 Å². The molecule has 0 spiro atoms. The highest BCUT2D eigenvalue weighted by Gasteiger charge is 2.15. The van der Waals surface area contributed by atoms with Crippen LogP contribution in [0, 0.1) is 6.92 Å². The predicted octanol–water partition coefficient (Wildman–Crippen LogP) is 2.00. The Balaban J connectivity index is 2.89. The minimum Gasteiger partial charge on any atom is -0.496 e. The van der Waals surface area contributed by atoms with E-state index in [0.29, 0.717) is 12.5 Å². The molecule has 0 saturated carbocycles. The Kier molecular flexibility index (Phi) is 5.45. The molecular formula is C14H24N2O. The van der Waals surface area contributed by atoms with Crippen molar-refractivity contribution in [2.45, 2.75) is 19.3 Å². The number of hydrogen-bond donors (Lipinski definition) is 1. The second kappa shape index (κ2) is 6.62. The second-order valence-electron chi connectivity index (χ2n) is 4.77. The van der Waals surface area contributed by atoms with E-state index in [1.54, 1.807) is 7.11 Å². The lowest BCUT2D eigenvalue weighted by atomic mass is 9.93. The Labute approximate surface area is 105 Å². The molecule has 0 fully saturated rings. The van der Waals surface area contributed by atoms with Gasteiger partial charge in [-0.25, -0.2) is 0 Å². The molecule has 1 aromatic rings. The molecule has 0 bridgehead atoms. The highest BCUT2D eigenvalue weighted by Crippen LogP contribution is 2.29. The van der Waals surface area contributed by atoms with Gasteiger partial charge in [0, 0.05) is 5.92 Å². The Bertz CT molecular complexity index is 350. The van der Waals surface area contributed by atoms with Crippen molar-refractivity contribution in [3.63, 3.8) is 0 Å². The van der Waals surface area contributed by atoms with Gasteiger partial charge in [-0.2, -0.15) is 0 Å². The third-order valence-corrected chi connectivity index (χ3v) is 3.03. The molecule has 17 heavy (non-hydrogen) atoms. The van der Waals surface area contributed by atoms with E-state index in [1.807, 2.05) is 6.07 Å². The van der Waals surface area contributed by atoms with Crippen molar-refractivity contribution >= 4 is 0 Å². The number of hydrogen-bond acceptors (Lipinski definition) is 3. The number of ether oxygens (including phenoxy) is 1. The third-order valence-electron chi connectivity index (χ3n) is 3.03. The van der Waals surface area contributed by atoms with Crippen LogP contribution in [-0.4, -0.2) is 39.2 Å². The summed E-state index contributed by atoms with van der Waals surface area (Å²) in [5.74, 6) is 1.32. The molecule has 96 valence electrons. The molecule has 3 heteroatoms. The van der Waals surface area contributed by atoms with Crippen molar-refractivity contribution < 1.29 is 4.74 Å². The predicted molar refractivity (Wildman–Crippen MR) is 72.7 cm³/mol. The van der Waals surface area contributed by atoms with Gasteiger partial charge in [-0.3, -0.25) is 0 Å². The van der Waals surface area contributed by atoms with Crippen LogP contribution < -0.4 is 10.5 Å². The van der Waals surface area contributed by atoms with Crippen molar-refractivity contribution in [1.29, 1.82) is 0 Å². The number of nitrogens with two attached hydrogens (primary N) is 1. The summed E-state index contributed by atoms with van der Waals surface area (Å²) in [6.07, 6.45) is 1.06. The summed E-state index contributed by atoms with van der Waals surface area (Å²) in [6.45, 7) is 3.80. The van der Waals surface area contributed by atoms with Gasteiger partial charge >= 0.3 is 0 Å². The van der Waals surface area contributed by atoms with Crippen LogP contribution in [0.25, 0.3) is 0 Å². The minimum absolute atomic E-state index is 0.368. The second-order valence-corrected chi connectivity index (χ2v) is 4.77. The Hall–Kier alpha value is -1.06. The van der Waals surface area contributed by atoms with Gasteiger partial charge in [0.15, 0.2) is 0 Å². The quantitative estimate of drug-likeness (QED) is 0.821. The van der Waals surface area contributed by atoms with Crippen molar-refractivity contribution in [2.75, 3.05) is 34.3 Å². The molecular weight excluding hydrogens is 212 g/mol. The summed E-state index contributed by atoms with van der Waals surface area (Å²) in [5.41, 5.74) is 8.38. The number of methoxy groups -OCH3 is 1. The first-order valence-electron chi connectivity index (χ1n) is 6.07. The lowest BCUT2D eigenvalue weighted by Crippen LogP contribution is -2.20. The molecule has 1 atom stereocenters. The first-order chi connectivity index (χ1) is 8.08. The maximum absolute atomic E-state index is 5.89. The smallest absolute Gasteiger partial charge is 0.122 e. The zero-order chi connectivity index (χ0) is 12.8. The largest absolute Gasteiger partial charge is 0.496 e. The lowest BCUT2D eigenvalue weighted by molar-refractivity contribution is 0.371. The Morgan fingerprint density at radius 3 is 2.59 bits per heavy atom. The SMILES string of the molecule is COc1ccc(C)cc1C(CN)CCN(C)C. The first kappa shape index (κ1) is 14.0. The van der Waals surface area contributed by atoms with Crippen LogP contribution in [0.3, 0.4) is 0 Å². The van der Waals surface area contributed by atoms with Crippen molar-refractivity contribution in [3.8, 4) is 5.75 Å². The molecule has 0 aliphatic carbocycles. The molecule has 2 N–H and O–H groups in total. The molecule has 3 nitrogen and oxygen atoms in total.